The van der Waals surface area contributed by atoms with Gasteiger partial charge in [0, 0.05) is 54.7 Å². The molecule has 2 saturated heterocycles. The number of likely N-dealkylation sites (N-methyl/N-ethyl adjacent to an activating group) is 1. The summed E-state index contributed by atoms with van der Waals surface area (Å²) in [5.74, 6) is -0.0980. The Morgan fingerprint density at radius 1 is 1.04 bits per heavy atom. The second-order valence-electron chi connectivity index (χ2n) is 15.0. The number of carboxylic acid groups (broad SMARTS) is 1. The highest BCUT2D eigenvalue weighted by atomic mass is 19.1. The number of nitrogens with zero attached hydrogens (tertiary/aromatic N) is 4. The van der Waals surface area contributed by atoms with E-state index in [1.807, 2.05) is 58.5 Å². The molecule has 0 radical (unpaired) electrons. The molecule has 0 bridgehead atoms. The van der Waals surface area contributed by atoms with Crippen molar-refractivity contribution < 1.29 is 33.3 Å². The van der Waals surface area contributed by atoms with E-state index < -0.39 is 17.4 Å². The molecule has 2 aliphatic heterocycles. The van der Waals surface area contributed by atoms with Crippen LogP contribution in [0.4, 0.5) is 10.1 Å². The summed E-state index contributed by atoms with van der Waals surface area (Å²) in [5, 5.41) is 15.3. The largest absolute Gasteiger partial charge is 0.478 e. The van der Waals surface area contributed by atoms with Crippen molar-refractivity contribution in [3.8, 4) is 5.88 Å². The Balaban J connectivity index is 0.00000127. The van der Waals surface area contributed by atoms with Crippen LogP contribution in [0.2, 0.25) is 0 Å². The number of pyridine rings is 1. The number of halogens is 1. The molecule has 0 aliphatic carbocycles. The molecule has 4 aromatic rings. The Hall–Kier alpha value is -4.43. The summed E-state index contributed by atoms with van der Waals surface area (Å²) in [6.07, 6.45) is 3.24. The number of carbonyl (C=O) groups excluding carboxylic acids is 1. The third kappa shape index (κ3) is 11.3. The predicted octanol–water partition coefficient (Wildman–Crippen LogP) is 6.29. The minimum absolute atomic E-state index is 0.00303. The lowest BCUT2D eigenvalue weighted by molar-refractivity contribution is -0.123. The second-order valence-corrected chi connectivity index (χ2v) is 15.0. The first kappa shape index (κ1) is 39.8. The Kier molecular flexibility index (Phi) is 13.2. The van der Waals surface area contributed by atoms with E-state index in [1.54, 1.807) is 36.4 Å². The van der Waals surface area contributed by atoms with Crippen LogP contribution in [-0.2, 0) is 34.5 Å². The number of piperidine rings is 1. The van der Waals surface area contributed by atoms with E-state index in [0.717, 1.165) is 61.7 Å². The fourth-order valence-electron chi connectivity index (χ4n) is 5.97. The normalized spacial score (nSPS) is 15.4. The fourth-order valence-corrected chi connectivity index (χ4v) is 5.97. The molecule has 0 atom stereocenters. The van der Waals surface area contributed by atoms with Crippen LogP contribution in [0.1, 0.15) is 86.7 Å². The van der Waals surface area contributed by atoms with Gasteiger partial charge in [-0.2, -0.15) is 0 Å². The zero-order valence-electron chi connectivity index (χ0n) is 31.7. The summed E-state index contributed by atoms with van der Waals surface area (Å²) in [5.41, 5.74) is 2.60. The predicted molar refractivity (Wildman–Crippen MR) is 202 cm³/mol. The number of carbonyl (C=O) groups is 2. The van der Waals surface area contributed by atoms with Crippen molar-refractivity contribution in [3.05, 3.63) is 83.1 Å². The van der Waals surface area contributed by atoms with Gasteiger partial charge in [-0.3, -0.25) is 9.69 Å². The average Bonchev–Trinajstić information content (AvgIpc) is 3.40. The maximum absolute atomic E-state index is 15.0. The van der Waals surface area contributed by atoms with E-state index >= 15 is 4.39 Å². The van der Waals surface area contributed by atoms with E-state index in [4.69, 9.17) is 24.2 Å². The quantitative estimate of drug-likeness (QED) is 0.136. The van der Waals surface area contributed by atoms with Gasteiger partial charge < -0.3 is 34.5 Å². The maximum Gasteiger partial charge on any atom is 0.335 e. The summed E-state index contributed by atoms with van der Waals surface area (Å²) in [7, 11) is 3.78. The van der Waals surface area contributed by atoms with Crippen molar-refractivity contribution in [2.24, 2.45) is 7.05 Å². The molecule has 1 amide bonds. The molecular weight excluding hydrogens is 679 g/mol. The van der Waals surface area contributed by atoms with Crippen LogP contribution in [0, 0.1) is 5.82 Å². The third-order valence-electron chi connectivity index (χ3n) is 9.71. The number of likely N-dealkylation sites (tertiary alicyclic amines) is 1. The third-order valence-corrected chi connectivity index (χ3v) is 9.71. The zero-order chi connectivity index (χ0) is 38.2. The van der Waals surface area contributed by atoms with Gasteiger partial charge in [-0.15, -0.1) is 0 Å². The van der Waals surface area contributed by atoms with Gasteiger partial charge in [0.1, 0.15) is 18.2 Å². The number of aryl methyl sites for hydroxylation is 1. The molecule has 286 valence electrons. The summed E-state index contributed by atoms with van der Waals surface area (Å²) in [6, 6.07) is 15.3. The number of hydrogen-bond acceptors (Lipinski definition) is 9. The van der Waals surface area contributed by atoms with Crippen LogP contribution >= 0.6 is 0 Å². The molecule has 53 heavy (non-hydrogen) atoms. The van der Waals surface area contributed by atoms with Gasteiger partial charge in [-0.25, -0.2) is 19.2 Å². The highest BCUT2D eigenvalue weighted by molar-refractivity contribution is 5.92. The van der Waals surface area contributed by atoms with E-state index in [2.05, 4.69) is 15.5 Å². The molecule has 3 N–H and O–H groups in total. The molecule has 0 spiro atoms. The lowest BCUT2D eigenvalue weighted by atomic mass is 9.93. The minimum Gasteiger partial charge on any atom is -0.478 e. The number of amides is 1. The molecule has 6 rings (SSSR count). The maximum atomic E-state index is 15.0. The second kappa shape index (κ2) is 17.6. The van der Waals surface area contributed by atoms with Gasteiger partial charge in [0.2, 0.25) is 11.8 Å². The number of imidazole rings is 1. The van der Waals surface area contributed by atoms with E-state index in [0.29, 0.717) is 30.3 Å². The van der Waals surface area contributed by atoms with Gasteiger partial charge in [0.15, 0.2) is 0 Å². The number of fused-ring (bicyclic) bond motifs is 1. The Morgan fingerprint density at radius 2 is 1.75 bits per heavy atom. The molecule has 0 saturated carbocycles. The highest BCUT2D eigenvalue weighted by Crippen LogP contribution is 2.29. The number of aromatic carboxylic acids is 1. The summed E-state index contributed by atoms with van der Waals surface area (Å²) < 4.78 is 33.6. The number of benzene rings is 2. The summed E-state index contributed by atoms with van der Waals surface area (Å²) in [6.45, 7) is 12.6. The van der Waals surface area contributed by atoms with E-state index in [-0.39, 0.29) is 36.0 Å². The number of nitrogens with one attached hydrogen (secondary N) is 2. The number of carboxylic acids is 1. The minimum atomic E-state index is -0.954. The van der Waals surface area contributed by atoms with Gasteiger partial charge in [0.25, 0.3) is 0 Å². The monoisotopic (exact) mass is 732 g/mol. The van der Waals surface area contributed by atoms with E-state index in [9.17, 15) is 14.7 Å². The Labute approximate surface area is 311 Å². The molecule has 2 fully saturated rings. The Morgan fingerprint density at radius 3 is 2.40 bits per heavy atom. The molecule has 2 aliphatic rings. The number of anilines is 1. The molecule has 4 heterocycles. The number of ether oxygens (including phenoxy) is 3. The van der Waals surface area contributed by atoms with Gasteiger partial charge in [-0.1, -0.05) is 12.1 Å². The SMILES string of the molecule is C1COC1.CNC(C)(C)COC(C)(C)CC(=O)Nc1ccc(COc2cccc(C3CCN(Cc4nc5ccc(C(=O)O)cc5n4C)CC3)n2)c(F)c1. The lowest BCUT2D eigenvalue weighted by Gasteiger charge is -2.31. The van der Waals surface area contributed by atoms with Gasteiger partial charge >= 0.3 is 5.97 Å². The smallest absolute Gasteiger partial charge is 0.335 e. The Bertz CT molecular complexity index is 1860. The van der Waals surface area contributed by atoms with E-state index in [1.165, 1.54) is 12.5 Å². The van der Waals surface area contributed by atoms with Gasteiger partial charge in [0.05, 0.1) is 41.8 Å². The van der Waals surface area contributed by atoms with Crippen LogP contribution in [0.5, 0.6) is 5.88 Å². The molecule has 2 aromatic carbocycles. The molecule has 2 aromatic heterocycles. The first-order chi connectivity index (χ1) is 25.2. The van der Waals surface area contributed by atoms with Crippen molar-refractivity contribution in [3.63, 3.8) is 0 Å². The lowest BCUT2D eigenvalue weighted by Crippen LogP contribution is -2.44. The number of hydrogen-bond donors (Lipinski definition) is 3. The first-order valence-corrected chi connectivity index (χ1v) is 18.2. The van der Waals surface area contributed by atoms with Crippen LogP contribution in [-0.4, -0.2) is 87.5 Å². The molecule has 13 heteroatoms. The zero-order valence-corrected chi connectivity index (χ0v) is 31.7. The first-order valence-electron chi connectivity index (χ1n) is 18.2. The number of rotatable bonds is 14. The number of aromatic nitrogens is 3. The fraction of sp³-hybridized carbons (Fsp3) is 0.500. The van der Waals surface area contributed by atoms with Crippen molar-refractivity contribution in [1.82, 2.24) is 24.8 Å². The standard InChI is InChI=1S/C37H47FN6O5.C3H6O/c1-36(2,39-5)23-49-37(3,4)20-33(45)40-27-12-10-26(28(38)19-27)22-48-34-9-7-8-29(42-34)24-14-16-44(17-15-24)21-32-41-30-13-11-25(35(46)47)18-31(30)43(32)6;1-2-4-3-1/h7-13,18-19,24,39H,14-17,20-23H2,1-6H3,(H,40,45)(H,46,47);1-3H2. The summed E-state index contributed by atoms with van der Waals surface area (Å²) >= 11 is 0. The van der Waals surface area contributed by atoms with Crippen LogP contribution < -0.4 is 15.4 Å². The highest BCUT2D eigenvalue weighted by Gasteiger charge is 2.27. The summed E-state index contributed by atoms with van der Waals surface area (Å²) in [4.78, 5) is 35.9. The molecular formula is C40H53FN6O6. The van der Waals surface area contributed by atoms with Crippen LogP contribution in [0.3, 0.4) is 0 Å². The van der Waals surface area contributed by atoms with Crippen molar-refractivity contribution in [1.29, 1.82) is 0 Å². The van der Waals surface area contributed by atoms with Crippen LogP contribution in [0.25, 0.3) is 11.0 Å². The van der Waals surface area contributed by atoms with Crippen LogP contribution in [0.15, 0.2) is 54.6 Å². The molecule has 0 unspecified atom stereocenters. The van der Waals surface area contributed by atoms with Gasteiger partial charge in [-0.05, 0) is 103 Å². The van der Waals surface area contributed by atoms with Crippen molar-refractivity contribution in [2.45, 2.75) is 83.6 Å². The topological polar surface area (TPSA) is 140 Å². The van der Waals surface area contributed by atoms with Crippen molar-refractivity contribution >= 4 is 28.6 Å². The van der Waals surface area contributed by atoms with Crippen molar-refractivity contribution in [2.75, 3.05) is 45.3 Å². The molecule has 12 nitrogen and oxygen atoms in total. The average molecular weight is 733 g/mol.